The summed E-state index contributed by atoms with van der Waals surface area (Å²) < 4.78 is 0. The summed E-state index contributed by atoms with van der Waals surface area (Å²) in [6, 6.07) is 0. The van der Waals surface area contributed by atoms with Gasteiger partial charge in [0.1, 0.15) is 12.4 Å². The first kappa shape index (κ1) is 3.66. The smallest absolute Gasteiger partial charge is 0.145 e. The molecule has 0 aliphatic heterocycles. The summed E-state index contributed by atoms with van der Waals surface area (Å²) in [7, 11) is 0. The number of hydrogen-bond acceptors (Lipinski definition) is 0. The van der Waals surface area contributed by atoms with Gasteiger partial charge in [0.15, 0.2) is 0 Å². The van der Waals surface area contributed by atoms with Crippen LogP contribution in [0.3, 0.4) is 0 Å². The summed E-state index contributed by atoms with van der Waals surface area (Å²) in [5.74, 6) is 0. The average molecular weight is 60.1 g/mol. The number of rotatable bonds is 0. The van der Waals surface area contributed by atoms with Gasteiger partial charge in [0.25, 0.3) is 0 Å². The maximum atomic E-state index is 3.36. The van der Waals surface area contributed by atoms with Crippen molar-refractivity contribution >= 4 is 0 Å². The molecule has 0 aromatic rings. The van der Waals surface area contributed by atoms with Gasteiger partial charge in [-0.1, -0.05) is 0 Å². The average Bonchev–Trinajstić information content (AvgIpc) is 1.37. The second kappa shape index (κ2) is 2.66. The Morgan fingerprint density at radius 3 is 1.25 bits per heavy atom. The Kier molecular flexibility index (Phi) is 2.43. The van der Waals surface area contributed by atoms with Crippen LogP contribution in [-0.4, -0.2) is 0 Å². The van der Waals surface area contributed by atoms with Gasteiger partial charge in [0.05, 0.1) is 0 Å². The minimum atomic E-state index is 1.64. The van der Waals surface area contributed by atoms with E-state index in [0.717, 1.165) is 0 Å². The van der Waals surface area contributed by atoms with Gasteiger partial charge < -0.3 is 11.5 Å². The highest BCUT2D eigenvalue weighted by Gasteiger charge is 1.42. The molecule has 0 aliphatic rings. The Hall–Kier alpha value is -0.340. The predicted molar refractivity (Wildman–Crippen MR) is 14.9 cm³/mol. The van der Waals surface area contributed by atoms with E-state index in [0.29, 0.717) is 0 Å². The van der Waals surface area contributed by atoms with Crippen LogP contribution in [0.4, 0.5) is 0 Å². The van der Waals surface area contributed by atoms with Gasteiger partial charge in [-0.2, -0.15) is 0 Å². The first-order valence-corrected chi connectivity index (χ1v) is 1.15. The summed E-state index contributed by atoms with van der Waals surface area (Å²) in [4.78, 5) is 0. The van der Waals surface area contributed by atoms with Crippen LogP contribution in [0.25, 0.3) is 0 Å². The van der Waals surface area contributed by atoms with E-state index in [1.165, 1.54) is 0 Å². The van der Waals surface area contributed by atoms with Gasteiger partial charge in [0, 0.05) is 0 Å². The van der Waals surface area contributed by atoms with E-state index in [1.807, 2.05) is 0 Å². The fourth-order valence-corrected chi connectivity index (χ4v) is 0. The van der Waals surface area contributed by atoms with Crippen LogP contribution < -0.4 is 11.5 Å². The third-order valence-electron chi connectivity index (χ3n) is 0.167. The van der Waals surface area contributed by atoms with E-state index in [9.17, 15) is 0 Å². The zero-order valence-corrected chi connectivity index (χ0v) is 2.57. The first-order chi connectivity index (χ1) is 1.91. The van der Waals surface area contributed by atoms with Crippen LogP contribution in [-0.2, 0) is 0 Å². The molecule has 0 radical (unpaired) electrons. The molecule has 0 heterocycles. The molecule has 0 spiro atoms. The minimum Gasteiger partial charge on any atom is -0.327 e. The maximum Gasteiger partial charge on any atom is 0.145 e. The molecule has 4 heavy (non-hydrogen) atoms. The SMILES string of the molecule is [NH3+]C=C[NH3+]. The van der Waals surface area contributed by atoms with Crippen LogP contribution in [0.5, 0.6) is 0 Å². The Bertz CT molecular complexity index is 19.2. The van der Waals surface area contributed by atoms with Crippen molar-refractivity contribution in [2.24, 2.45) is 0 Å². The molecule has 0 rings (SSSR count). The first-order valence-electron chi connectivity index (χ1n) is 1.15. The monoisotopic (exact) mass is 60.1 g/mol. The van der Waals surface area contributed by atoms with E-state index >= 15 is 0 Å². The van der Waals surface area contributed by atoms with Gasteiger partial charge >= 0.3 is 0 Å². The van der Waals surface area contributed by atoms with Crippen LogP contribution in [0.15, 0.2) is 12.4 Å². The summed E-state index contributed by atoms with van der Waals surface area (Å²) in [6.07, 6.45) is 3.28. The lowest BCUT2D eigenvalue weighted by Gasteiger charge is -1.45. The maximum absolute atomic E-state index is 3.36. The molecule has 0 unspecified atom stereocenters. The lowest BCUT2D eigenvalue weighted by atomic mass is 11.0. The second-order valence-corrected chi connectivity index (χ2v) is 0.471. The van der Waals surface area contributed by atoms with Crippen molar-refractivity contribution in [2.75, 3.05) is 0 Å². The fourth-order valence-electron chi connectivity index (χ4n) is 0. The number of quaternary nitrogens is 2. The van der Waals surface area contributed by atoms with Crippen molar-refractivity contribution < 1.29 is 11.5 Å². The Balaban J connectivity index is 2.55. The molecule has 0 saturated carbocycles. The number of hydrogen-bond donors (Lipinski definition) is 2. The molecule has 0 amide bonds. The van der Waals surface area contributed by atoms with E-state index in [2.05, 4.69) is 11.5 Å². The highest BCUT2D eigenvalue weighted by molar-refractivity contribution is 4.45. The normalized spacial score (nSPS) is 9.50. The summed E-state index contributed by atoms with van der Waals surface area (Å²) in [6.45, 7) is 0. The molecule has 24 valence electrons. The predicted octanol–water partition coefficient (Wildman–Crippen LogP) is -2.06. The Morgan fingerprint density at radius 1 is 1.00 bits per heavy atom. The van der Waals surface area contributed by atoms with Crippen molar-refractivity contribution in [3.05, 3.63) is 12.4 Å². The van der Waals surface area contributed by atoms with Gasteiger partial charge in [-0.25, -0.2) is 0 Å². The van der Waals surface area contributed by atoms with Gasteiger partial charge in [-0.15, -0.1) is 0 Å². The highest BCUT2D eigenvalue weighted by Crippen LogP contribution is 1.18. The zero-order chi connectivity index (χ0) is 3.41. The standard InChI is InChI=1S/C2H6N2/c3-1-2-4/h1-2H,3-4H2/p+2. The van der Waals surface area contributed by atoms with Crippen LogP contribution in [0.2, 0.25) is 0 Å². The van der Waals surface area contributed by atoms with Crippen molar-refractivity contribution in [1.29, 1.82) is 0 Å². The van der Waals surface area contributed by atoms with Crippen molar-refractivity contribution in [3.63, 3.8) is 0 Å². The molecule has 0 aliphatic carbocycles. The largest absolute Gasteiger partial charge is 0.327 e. The molecule has 0 saturated heterocycles. The quantitative estimate of drug-likeness (QED) is 0.323. The van der Waals surface area contributed by atoms with Gasteiger partial charge in [-0.05, 0) is 0 Å². The van der Waals surface area contributed by atoms with Gasteiger partial charge in [0.2, 0.25) is 0 Å². The molecular formula is C2H8N2+2. The van der Waals surface area contributed by atoms with E-state index < -0.39 is 0 Å². The molecule has 0 aromatic heterocycles. The topological polar surface area (TPSA) is 55.3 Å². The molecule has 0 atom stereocenters. The molecular weight excluding hydrogens is 52.0 g/mol. The summed E-state index contributed by atoms with van der Waals surface area (Å²) >= 11 is 0. The lowest BCUT2D eigenvalue weighted by Crippen LogP contribution is -2.47. The second-order valence-electron chi connectivity index (χ2n) is 0.471. The molecule has 6 N–H and O–H groups in total. The van der Waals surface area contributed by atoms with Crippen LogP contribution in [0.1, 0.15) is 0 Å². The summed E-state index contributed by atoms with van der Waals surface area (Å²) in [5.41, 5.74) is 6.72. The molecule has 0 bridgehead atoms. The Morgan fingerprint density at radius 2 is 1.25 bits per heavy atom. The van der Waals surface area contributed by atoms with Crippen molar-refractivity contribution in [1.82, 2.24) is 0 Å². The lowest BCUT2D eigenvalue weighted by molar-refractivity contribution is -0.320. The van der Waals surface area contributed by atoms with Gasteiger partial charge in [-0.3, -0.25) is 0 Å². The van der Waals surface area contributed by atoms with Crippen molar-refractivity contribution in [3.8, 4) is 0 Å². The minimum absolute atomic E-state index is 1.64. The van der Waals surface area contributed by atoms with E-state index in [-0.39, 0.29) is 0 Å². The summed E-state index contributed by atoms with van der Waals surface area (Å²) in [5, 5.41) is 0. The van der Waals surface area contributed by atoms with Crippen LogP contribution in [0, 0.1) is 0 Å². The molecule has 2 nitrogen and oxygen atoms in total. The molecule has 0 aromatic carbocycles. The van der Waals surface area contributed by atoms with E-state index in [1.54, 1.807) is 12.4 Å². The zero-order valence-electron chi connectivity index (χ0n) is 2.57. The fraction of sp³-hybridized carbons (Fsp3) is 0. The van der Waals surface area contributed by atoms with Crippen LogP contribution >= 0.6 is 0 Å². The third-order valence-corrected chi connectivity index (χ3v) is 0.167. The Labute approximate surface area is 25.1 Å². The third kappa shape index (κ3) is 1.66. The van der Waals surface area contributed by atoms with Crippen molar-refractivity contribution in [2.45, 2.75) is 0 Å². The van der Waals surface area contributed by atoms with E-state index in [4.69, 9.17) is 0 Å². The highest BCUT2D eigenvalue weighted by atomic mass is 14.6. The molecule has 2 heteroatoms. The molecule has 0 fully saturated rings.